The molecule has 3 unspecified atom stereocenters. The number of benzene rings is 3. The van der Waals surface area contributed by atoms with Gasteiger partial charge in [0.25, 0.3) is 0 Å². The van der Waals surface area contributed by atoms with E-state index < -0.39 is 105 Å². The largest absolute Gasteiger partial charge is 0.507 e. The molecular weight excluding hydrogens is 955 g/mol. The maximum Gasteiger partial charge on any atom is 0.336 e. The van der Waals surface area contributed by atoms with Crippen molar-refractivity contribution in [3.05, 3.63) is 118 Å². The Balaban J connectivity index is 1.86. The fourth-order valence-electron chi connectivity index (χ4n) is 9.77. The lowest BCUT2D eigenvalue weighted by Gasteiger charge is -2.28. The predicted octanol–water partition coefficient (Wildman–Crippen LogP) is 10.1. The van der Waals surface area contributed by atoms with Gasteiger partial charge in [-0.15, -0.1) is 0 Å². The molecular formula is C60H87N3O12. The smallest absolute Gasteiger partial charge is 0.336 e. The van der Waals surface area contributed by atoms with E-state index in [1.807, 2.05) is 125 Å². The molecule has 3 aromatic carbocycles. The Bertz CT molecular complexity index is 2510. The number of nitrogens with zero attached hydrogens (tertiary/aromatic N) is 3. The van der Waals surface area contributed by atoms with E-state index in [1.54, 1.807) is 36.4 Å². The second-order valence-corrected chi connectivity index (χ2v) is 27.0. The second-order valence-electron chi connectivity index (χ2n) is 27.0. The number of phenolic OH excluding ortho intramolecular Hbond substituents is 3. The zero-order valence-electron chi connectivity index (χ0n) is 48.0. The lowest BCUT2D eigenvalue weighted by molar-refractivity contribution is -0.143. The van der Waals surface area contributed by atoms with Crippen molar-refractivity contribution in [1.29, 1.82) is 0 Å². The van der Waals surface area contributed by atoms with Crippen molar-refractivity contribution in [3.8, 4) is 17.2 Å². The van der Waals surface area contributed by atoms with Crippen molar-refractivity contribution in [3.63, 3.8) is 0 Å². The molecule has 0 saturated heterocycles. The van der Waals surface area contributed by atoms with Gasteiger partial charge in [-0.1, -0.05) is 161 Å². The van der Waals surface area contributed by atoms with Gasteiger partial charge in [0.2, 0.25) is 0 Å². The molecule has 0 bridgehead atoms. The summed E-state index contributed by atoms with van der Waals surface area (Å²) in [6.07, 6.45) is -0.803. The van der Waals surface area contributed by atoms with E-state index in [9.17, 15) is 59.4 Å². The fraction of sp³-hybridized carbons (Fsp3) is 0.600. The van der Waals surface area contributed by atoms with Gasteiger partial charge in [0.1, 0.15) is 17.2 Å². The summed E-state index contributed by atoms with van der Waals surface area (Å²) in [4.78, 5) is 82.7. The van der Waals surface area contributed by atoms with Crippen LogP contribution in [0.25, 0.3) is 0 Å². The molecule has 0 spiro atoms. The molecule has 75 heavy (non-hydrogen) atoms. The highest BCUT2D eigenvalue weighted by Gasteiger charge is 2.33. The maximum atomic E-state index is 14.5. The van der Waals surface area contributed by atoms with Gasteiger partial charge in [0.15, 0.2) is 0 Å². The van der Waals surface area contributed by atoms with E-state index in [0.29, 0.717) is 50.1 Å². The van der Waals surface area contributed by atoms with Crippen molar-refractivity contribution in [2.75, 3.05) is 0 Å². The van der Waals surface area contributed by atoms with E-state index in [0.717, 1.165) is 13.7 Å². The van der Waals surface area contributed by atoms with Crippen LogP contribution in [0.1, 0.15) is 194 Å². The van der Waals surface area contributed by atoms with Crippen molar-refractivity contribution >= 4 is 17.9 Å². The number of carbonyl (C=O) groups is 3. The fourth-order valence-corrected chi connectivity index (χ4v) is 9.77. The number of phenols is 3. The number of hydrogen-bond donors (Lipinski definition) is 6. The van der Waals surface area contributed by atoms with Crippen molar-refractivity contribution < 1.29 is 45.0 Å². The monoisotopic (exact) mass is 1040 g/mol. The summed E-state index contributed by atoms with van der Waals surface area (Å²) < 4.78 is 2.33. The van der Waals surface area contributed by atoms with Crippen LogP contribution in [0.4, 0.5) is 0 Å². The summed E-state index contributed by atoms with van der Waals surface area (Å²) >= 11 is 0. The quantitative estimate of drug-likeness (QED) is 0.0546. The zero-order valence-corrected chi connectivity index (χ0v) is 48.0. The van der Waals surface area contributed by atoms with Gasteiger partial charge in [-0.3, -0.25) is 14.4 Å². The van der Waals surface area contributed by atoms with Crippen LogP contribution in [0.15, 0.2) is 50.8 Å². The average molecular weight is 1040 g/mol. The number of rotatable bonds is 18. The first-order valence-corrected chi connectivity index (χ1v) is 26.2. The summed E-state index contributed by atoms with van der Waals surface area (Å²) in [6.45, 7) is 33.6. The van der Waals surface area contributed by atoms with Crippen LogP contribution >= 0.6 is 0 Å². The van der Waals surface area contributed by atoms with Crippen molar-refractivity contribution in [2.45, 2.75) is 215 Å². The topological polar surface area (TPSA) is 239 Å². The lowest BCUT2D eigenvalue weighted by Crippen LogP contribution is -2.55. The Morgan fingerprint density at radius 2 is 0.520 bits per heavy atom. The minimum absolute atomic E-state index is 0.0266. The Morgan fingerprint density at radius 3 is 0.653 bits per heavy atom. The summed E-state index contributed by atoms with van der Waals surface area (Å²) in [7, 11) is 0. The third-order valence-electron chi connectivity index (χ3n) is 14.3. The van der Waals surface area contributed by atoms with E-state index >= 15 is 0 Å². The van der Waals surface area contributed by atoms with Crippen LogP contribution in [0.2, 0.25) is 0 Å². The number of aromatic nitrogens is 3. The van der Waals surface area contributed by atoms with E-state index in [-0.39, 0.29) is 55.8 Å². The van der Waals surface area contributed by atoms with Crippen LogP contribution in [-0.4, -0.2) is 62.2 Å². The molecule has 1 aromatic heterocycles. The van der Waals surface area contributed by atoms with Gasteiger partial charge in [-0.05, 0) is 121 Å². The Labute approximate surface area is 443 Å². The molecule has 0 fully saturated rings. The summed E-state index contributed by atoms with van der Waals surface area (Å²) in [5.41, 5.74) is -0.592. The lowest BCUT2D eigenvalue weighted by atomic mass is 9.77. The van der Waals surface area contributed by atoms with Crippen molar-refractivity contribution in [2.24, 2.45) is 17.8 Å². The van der Waals surface area contributed by atoms with Crippen LogP contribution in [-0.2, 0) is 85.8 Å². The number of aliphatic carboxylic acids is 3. The standard InChI is InChI=1S/C60H87N3O12/c1-55(2,3)40-28-34(29-41(46(40)64)56(4,5)6)25-37(49(67)68)19-22-61-52(73)62(23-20-38(50(69)70)26-35-30-42(57(7,8)9)47(65)43(31-35)58(10,11)12)54(75)63(53(61)74)24-21-39(51(71)72)27-36-32-44(59(13,14)15)48(66)45(33-36)60(16,17)18/h28-33,37-39,64-66H,19-27H2,1-18H3,(H,67,68)(H,69,70)(H,71,72). The molecule has 6 N–H and O–H groups in total. The molecule has 1 heterocycles. The normalized spacial score (nSPS) is 14.2. The molecule has 0 aliphatic rings. The van der Waals surface area contributed by atoms with Crippen LogP contribution in [0, 0.1) is 17.8 Å². The molecule has 3 atom stereocenters. The number of hydrogen-bond acceptors (Lipinski definition) is 9. The summed E-state index contributed by atoms with van der Waals surface area (Å²) in [5.74, 6) is -6.69. The van der Waals surface area contributed by atoms with Crippen LogP contribution in [0.5, 0.6) is 17.2 Å². The van der Waals surface area contributed by atoms with Gasteiger partial charge >= 0.3 is 35.0 Å². The predicted molar refractivity (Wildman–Crippen MR) is 294 cm³/mol. The average Bonchev–Trinajstić information content (AvgIpc) is 3.23. The molecule has 0 saturated carbocycles. The highest BCUT2D eigenvalue weighted by molar-refractivity contribution is 5.71. The molecule has 15 heteroatoms. The number of carboxylic acids is 3. The zero-order chi connectivity index (χ0) is 57.5. The molecule has 0 amide bonds. The first-order valence-electron chi connectivity index (χ1n) is 26.2. The summed E-state index contributed by atoms with van der Waals surface area (Å²) in [6, 6.07) is 10.6. The Morgan fingerprint density at radius 1 is 0.360 bits per heavy atom. The van der Waals surface area contributed by atoms with E-state index in [2.05, 4.69) is 0 Å². The highest BCUT2D eigenvalue weighted by Crippen LogP contribution is 2.43. The third-order valence-corrected chi connectivity index (χ3v) is 14.3. The van der Waals surface area contributed by atoms with Gasteiger partial charge < -0.3 is 30.6 Å². The van der Waals surface area contributed by atoms with Gasteiger partial charge in [0, 0.05) is 19.6 Å². The Hall–Kier alpha value is -6.12. The first-order chi connectivity index (χ1) is 34.0. The van der Waals surface area contributed by atoms with Crippen LogP contribution < -0.4 is 17.1 Å². The minimum Gasteiger partial charge on any atom is -0.507 e. The highest BCUT2D eigenvalue weighted by atomic mass is 16.4. The molecule has 0 radical (unpaired) electrons. The van der Waals surface area contributed by atoms with Gasteiger partial charge in [0.05, 0.1) is 17.8 Å². The molecule has 0 aliphatic heterocycles. The first kappa shape index (κ1) is 61.4. The van der Waals surface area contributed by atoms with Gasteiger partial charge in [-0.25, -0.2) is 28.1 Å². The molecule has 414 valence electrons. The summed E-state index contributed by atoms with van der Waals surface area (Å²) in [5, 5.41) is 65.9. The maximum absolute atomic E-state index is 14.5. The van der Waals surface area contributed by atoms with Crippen molar-refractivity contribution in [1.82, 2.24) is 13.7 Å². The third kappa shape index (κ3) is 14.8. The second kappa shape index (κ2) is 22.2. The van der Waals surface area contributed by atoms with Gasteiger partial charge in [-0.2, -0.15) is 0 Å². The van der Waals surface area contributed by atoms with Crippen LogP contribution in [0.3, 0.4) is 0 Å². The minimum atomic E-state index is -1.20. The molecule has 15 nitrogen and oxygen atoms in total. The van der Waals surface area contributed by atoms with E-state index in [4.69, 9.17) is 0 Å². The molecule has 4 aromatic rings. The number of aromatic hydroxyl groups is 3. The molecule has 0 aliphatic carbocycles. The SMILES string of the molecule is CC(C)(C)c1cc(CC(CCn2c(=O)n(CCC(Cc3cc(C(C)(C)C)c(O)c(C(C)(C)C)c3)C(=O)O)c(=O)n(CCC(Cc3cc(C(C)(C)C)c(O)c(C(C)(C)C)c3)C(=O)O)c2=O)C(=O)O)cc(C(C)(C)C)c1O. The van der Waals surface area contributed by atoms with E-state index in [1.165, 1.54) is 0 Å². The number of carboxylic acid groups (broad SMARTS) is 3. The Kier molecular flexibility index (Phi) is 18.2. The molecule has 4 rings (SSSR count).